The average Bonchev–Trinajstić information content (AvgIpc) is 2.66. The molecule has 1 aromatic carbocycles. The second-order valence-corrected chi connectivity index (χ2v) is 7.22. The van der Waals surface area contributed by atoms with Crippen LogP contribution >= 0.6 is 11.8 Å². The third-order valence-corrected chi connectivity index (χ3v) is 5.39. The number of fused-ring (bicyclic) bond motifs is 1. The van der Waals surface area contributed by atoms with Crippen molar-refractivity contribution in [3.63, 3.8) is 0 Å². The Kier molecular flexibility index (Phi) is 5.72. The van der Waals surface area contributed by atoms with E-state index >= 15 is 0 Å². The first-order valence-electron chi connectivity index (χ1n) is 8.57. The Hall–Kier alpha value is -2.32. The fourth-order valence-corrected chi connectivity index (χ4v) is 3.83. The number of nitrogens with one attached hydrogen (secondary N) is 1. The molecule has 0 saturated carbocycles. The average molecular weight is 351 g/mol. The molecule has 2 aromatic rings. The van der Waals surface area contributed by atoms with Gasteiger partial charge < -0.3 is 5.32 Å². The quantitative estimate of drug-likeness (QED) is 0.832. The van der Waals surface area contributed by atoms with Crippen LogP contribution < -0.4 is 5.32 Å². The highest BCUT2D eigenvalue weighted by molar-refractivity contribution is 8.00. The monoisotopic (exact) mass is 351 g/mol. The Labute approximate surface area is 152 Å². The van der Waals surface area contributed by atoms with Crippen molar-refractivity contribution in [2.24, 2.45) is 0 Å². The van der Waals surface area contributed by atoms with Crippen LogP contribution in [0.4, 0.5) is 0 Å². The van der Waals surface area contributed by atoms with Crippen molar-refractivity contribution in [1.29, 1.82) is 5.26 Å². The van der Waals surface area contributed by atoms with Crippen LogP contribution in [-0.4, -0.2) is 16.6 Å². The van der Waals surface area contributed by atoms with Crippen molar-refractivity contribution in [3.05, 3.63) is 58.8 Å². The molecule has 1 amide bonds. The summed E-state index contributed by atoms with van der Waals surface area (Å²) in [6.45, 7) is 1.97. The van der Waals surface area contributed by atoms with Gasteiger partial charge in [-0.2, -0.15) is 5.26 Å². The molecule has 0 radical (unpaired) electrons. The number of thioether (sulfide) groups is 1. The van der Waals surface area contributed by atoms with Crippen molar-refractivity contribution >= 4 is 17.7 Å². The number of amides is 1. The summed E-state index contributed by atoms with van der Waals surface area (Å²) in [4.78, 5) is 16.9. The SMILES string of the molecule is C[C@H](NC(=O)CSc1nc2c(cc1C#N)CCCC2)c1ccccc1. The Morgan fingerprint density at radius 2 is 2.08 bits per heavy atom. The fourth-order valence-electron chi connectivity index (χ4n) is 3.05. The number of rotatable bonds is 5. The second-order valence-electron chi connectivity index (χ2n) is 6.25. The highest BCUT2D eigenvalue weighted by Crippen LogP contribution is 2.27. The normalized spacial score (nSPS) is 14.2. The molecule has 1 heterocycles. The molecule has 0 saturated heterocycles. The fraction of sp³-hybridized carbons (Fsp3) is 0.350. The number of carbonyl (C=O) groups excluding carboxylic acids is 1. The smallest absolute Gasteiger partial charge is 0.230 e. The lowest BCUT2D eigenvalue weighted by molar-refractivity contribution is -0.119. The van der Waals surface area contributed by atoms with Gasteiger partial charge in [-0.05, 0) is 49.8 Å². The van der Waals surface area contributed by atoms with Crippen molar-refractivity contribution in [1.82, 2.24) is 10.3 Å². The van der Waals surface area contributed by atoms with Gasteiger partial charge in [0.05, 0.1) is 17.4 Å². The van der Waals surface area contributed by atoms with E-state index in [-0.39, 0.29) is 17.7 Å². The summed E-state index contributed by atoms with van der Waals surface area (Å²) < 4.78 is 0. The topological polar surface area (TPSA) is 65.8 Å². The molecule has 5 heteroatoms. The summed E-state index contributed by atoms with van der Waals surface area (Å²) in [5.74, 6) is 0.210. The number of hydrogen-bond acceptors (Lipinski definition) is 4. The Morgan fingerprint density at radius 1 is 1.32 bits per heavy atom. The van der Waals surface area contributed by atoms with E-state index in [0.29, 0.717) is 10.6 Å². The van der Waals surface area contributed by atoms with E-state index in [4.69, 9.17) is 0 Å². The molecule has 0 aliphatic heterocycles. The number of nitrogens with zero attached hydrogens (tertiary/aromatic N) is 2. The molecular weight excluding hydrogens is 330 g/mol. The molecule has 0 unspecified atom stereocenters. The molecule has 1 aliphatic carbocycles. The lowest BCUT2D eigenvalue weighted by Crippen LogP contribution is -2.28. The predicted molar refractivity (Wildman–Crippen MR) is 99.3 cm³/mol. The lowest BCUT2D eigenvalue weighted by Gasteiger charge is -2.17. The van der Waals surface area contributed by atoms with Crippen LogP contribution in [0.15, 0.2) is 41.4 Å². The molecule has 128 valence electrons. The largest absolute Gasteiger partial charge is 0.349 e. The van der Waals surface area contributed by atoms with E-state index in [1.165, 1.54) is 17.3 Å². The van der Waals surface area contributed by atoms with Crippen LogP contribution in [0.2, 0.25) is 0 Å². The highest BCUT2D eigenvalue weighted by Gasteiger charge is 2.17. The maximum absolute atomic E-state index is 12.2. The van der Waals surface area contributed by atoms with Gasteiger partial charge in [-0.15, -0.1) is 0 Å². The van der Waals surface area contributed by atoms with Crippen LogP contribution in [0.1, 0.15) is 48.2 Å². The first-order chi connectivity index (χ1) is 12.2. The number of benzene rings is 1. The van der Waals surface area contributed by atoms with Crippen LogP contribution in [0.5, 0.6) is 0 Å². The summed E-state index contributed by atoms with van der Waals surface area (Å²) >= 11 is 1.34. The predicted octanol–water partition coefficient (Wildman–Crippen LogP) is 3.80. The Bertz CT molecular complexity index is 799. The molecule has 0 spiro atoms. The maximum Gasteiger partial charge on any atom is 0.230 e. The lowest BCUT2D eigenvalue weighted by atomic mass is 9.95. The maximum atomic E-state index is 12.2. The molecule has 0 fully saturated rings. The van der Waals surface area contributed by atoms with Gasteiger partial charge in [-0.1, -0.05) is 42.1 Å². The molecule has 1 aromatic heterocycles. The minimum Gasteiger partial charge on any atom is -0.349 e. The zero-order chi connectivity index (χ0) is 17.6. The summed E-state index contributed by atoms with van der Waals surface area (Å²) in [5, 5.41) is 13.0. The van der Waals surface area contributed by atoms with Gasteiger partial charge in [-0.3, -0.25) is 4.79 Å². The highest BCUT2D eigenvalue weighted by atomic mass is 32.2. The van der Waals surface area contributed by atoms with Crippen LogP contribution in [0.3, 0.4) is 0 Å². The number of aromatic nitrogens is 1. The number of carbonyl (C=O) groups is 1. The molecule has 1 aliphatic rings. The van der Waals surface area contributed by atoms with Crippen LogP contribution in [0, 0.1) is 11.3 Å². The standard InChI is InChI=1S/C20H21N3OS/c1-14(15-7-3-2-4-8-15)22-19(24)13-25-20-17(12-21)11-16-9-5-6-10-18(16)23-20/h2-4,7-8,11,14H,5-6,9-10,13H2,1H3,(H,22,24)/t14-/m0/s1. The van der Waals surface area contributed by atoms with Gasteiger partial charge in [0.25, 0.3) is 0 Å². The summed E-state index contributed by atoms with van der Waals surface area (Å²) in [6, 6.07) is 14.0. The van der Waals surface area contributed by atoms with Gasteiger partial charge in [0, 0.05) is 5.69 Å². The third kappa shape index (κ3) is 4.40. The van der Waals surface area contributed by atoms with E-state index in [2.05, 4.69) is 16.4 Å². The molecule has 1 N–H and O–H groups in total. The molecular formula is C20H21N3OS. The number of hydrogen-bond donors (Lipinski definition) is 1. The van der Waals surface area contributed by atoms with Crippen LogP contribution in [0.25, 0.3) is 0 Å². The summed E-state index contributed by atoms with van der Waals surface area (Å²) in [6.07, 6.45) is 4.26. The zero-order valence-corrected chi connectivity index (χ0v) is 15.1. The second kappa shape index (κ2) is 8.17. The van der Waals surface area contributed by atoms with Crippen molar-refractivity contribution in [3.8, 4) is 6.07 Å². The third-order valence-electron chi connectivity index (χ3n) is 4.40. The van der Waals surface area contributed by atoms with Gasteiger partial charge in [0.1, 0.15) is 11.1 Å². The molecule has 25 heavy (non-hydrogen) atoms. The van der Waals surface area contributed by atoms with Crippen molar-refractivity contribution < 1.29 is 4.79 Å². The minimum absolute atomic E-state index is 0.0405. The van der Waals surface area contributed by atoms with E-state index in [0.717, 1.165) is 36.9 Å². The minimum atomic E-state index is -0.0511. The van der Waals surface area contributed by atoms with E-state index in [1.807, 2.05) is 43.3 Å². The summed E-state index contributed by atoms with van der Waals surface area (Å²) in [5.41, 5.74) is 3.93. The van der Waals surface area contributed by atoms with Gasteiger partial charge in [-0.25, -0.2) is 4.98 Å². The molecule has 3 rings (SSSR count). The number of pyridine rings is 1. The Balaban J connectivity index is 1.63. The van der Waals surface area contributed by atoms with Crippen molar-refractivity contribution in [2.45, 2.75) is 43.7 Å². The molecule has 1 atom stereocenters. The zero-order valence-electron chi connectivity index (χ0n) is 14.3. The van der Waals surface area contributed by atoms with Gasteiger partial charge in [0.15, 0.2) is 0 Å². The molecule has 4 nitrogen and oxygen atoms in total. The number of aryl methyl sites for hydroxylation is 2. The van der Waals surface area contributed by atoms with Gasteiger partial charge in [0.2, 0.25) is 5.91 Å². The van der Waals surface area contributed by atoms with E-state index in [9.17, 15) is 10.1 Å². The van der Waals surface area contributed by atoms with Gasteiger partial charge >= 0.3 is 0 Å². The first kappa shape index (κ1) is 17.5. The number of nitriles is 1. The Morgan fingerprint density at radius 3 is 2.84 bits per heavy atom. The van der Waals surface area contributed by atoms with E-state index < -0.39 is 0 Å². The van der Waals surface area contributed by atoms with Crippen LogP contribution in [-0.2, 0) is 17.6 Å². The summed E-state index contributed by atoms with van der Waals surface area (Å²) in [7, 11) is 0. The first-order valence-corrected chi connectivity index (χ1v) is 9.56. The van der Waals surface area contributed by atoms with Crippen molar-refractivity contribution in [2.75, 3.05) is 5.75 Å². The van der Waals surface area contributed by atoms with E-state index in [1.54, 1.807) is 0 Å². The molecule has 0 bridgehead atoms.